The van der Waals surface area contributed by atoms with Crippen LogP contribution in [0.2, 0.25) is 0 Å². The highest BCUT2D eigenvalue weighted by Crippen LogP contribution is 2.23. The number of thiophene rings is 1. The monoisotopic (exact) mass is 225 g/mol. The fourth-order valence-corrected chi connectivity index (χ4v) is 2.55. The van der Waals surface area contributed by atoms with E-state index in [0.717, 1.165) is 11.0 Å². The number of hydrogen-bond donors (Lipinski definition) is 1. The Morgan fingerprint density at radius 2 is 2.36 bits per heavy atom. The first kappa shape index (κ1) is 9.61. The summed E-state index contributed by atoms with van der Waals surface area (Å²) in [6, 6.07) is 4.49. The van der Waals surface area contributed by atoms with Crippen molar-refractivity contribution in [1.29, 1.82) is 0 Å². The lowest BCUT2D eigenvalue weighted by molar-refractivity contribution is 0.902. The van der Waals surface area contributed by atoms with Crippen molar-refractivity contribution >= 4 is 28.0 Å². The molecule has 0 saturated carbocycles. The summed E-state index contributed by atoms with van der Waals surface area (Å²) in [5.41, 5.74) is 0. The van der Waals surface area contributed by atoms with Crippen LogP contribution in [-0.2, 0) is 0 Å². The lowest BCUT2D eigenvalue weighted by Gasteiger charge is -2.09. The molecule has 0 spiro atoms. The first-order chi connectivity index (χ1) is 6.75. The second kappa shape index (κ2) is 4.06. The summed E-state index contributed by atoms with van der Waals surface area (Å²) in [6.07, 6.45) is 0. The maximum atomic E-state index is 4.26. The molecule has 0 saturated heterocycles. The van der Waals surface area contributed by atoms with Crippen molar-refractivity contribution < 1.29 is 0 Å². The van der Waals surface area contributed by atoms with Gasteiger partial charge in [-0.05, 0) is 25.3 Å². The summed E-state index contributed by atoms with van der Waals surface area (Å²) in [6.45, 7) is 4.03. The second-order valence-corrected chi connectivity index (χ2v) is 4.76. The molecule has 0 aliphatic rings. The van der Waals surface area contributed by atoms with Crippen LogP contribution in [0, 0.1) is 6.92 Å². The zero-order chi connectivity index (χ0) is 9.97. The predicted octanol–water partition coefficient (Wildman–Crippen LogP) is 3.08. The first-order valence-corrected chi connectivity index (χ1v) is 6.01. The number of hydrogen-bond acceptors (Lipinski definition) is 5. The van der Waals surface area contributed by atoms with E-state index in [9.17, 15) is 0 Å². The van der Waals surface area contributed by atoms with E-state index in [4.69, 9.17) is 0 Å². The molecule has 14 heavy (non-hydrogen) atoms. The Hall–Kier alpha value is -0.940. The van der Waals surface area contributed by atoms with E-state index in [1.54, 1.807) is 11.3 Å². The third kappa shape index (κ3) is 2.10. The maximum absolute atomic E-state index is 4.26. The number of aromatic nitrogens is 2. The fraction of sp³-hybridized carbons (Fsp3) is 0.333. The molecule has 2 heterocycles. The van der Waals surface area contributed by atoms with Crippen LogP contribution in [-0.4, -0.2) is 9.36 Å². The lowest BCUT2D eigenvalue weighted by atomic mass is 10.3. The van der Waals surface area contributed by atoms with Crippen LogP contribution in [0.1, 0.15) is 23.7 Å². The highest BCUT2D eigenvalue weighted by atomic mass is 32.1. The topological polar surface area (TPSA) is 37.8 Å². The van der Waals surface area contributed by atoms with Gasteiger partial charge in [0.2, 0.25) is 5.13 Å². The maximum Gasteiger partial charge on any atom is 0.203 e. The van der Waals surface area contributed by atoms with Crippen LogP contribution in [0.4, 0.5) is 5.13 Å². The van der Waals surface area contributed by atoms with Gasteiger partial charge in [-0.3, -0.25) is 0 Å². The van der Waals surface area contributed by atoms with Crippen molar-refractivity contribution in [3.8, 4) is 0 Å². The smallest absolute Gasteiger partial charge is 0.203 e. The van der Waals surface area contributed by atoms with Gasteiger partial charge in [0.05, 0.1) is 6.04 Å². The Labute approximate surface area is 91.0 Å². The van der Waals surface area contributed by atoms with Gasteiger partial charge in [0.25, 0.3) is 0 Å². The highest BCUT2D eigenvalue weighted by molar-refractivity contribution is 7.10. The standard InChI is InChI=1S/C9H11N3S2/c1-6(8-4-3-5-13-8)10-9-11-7(2)12-14-9/h3-6H,1-2H3,(H,10,11,12). The molecule has 0 aliphatic carbocycles. The average molecular weight is 225 g/mol. The summed E-state index contributed by atoms with van der Waals surface area (Å²) in [4.78, 5) is 5.58. The molecule has 2 rings (SSSR count). The Kier molecular flexibility index (Phi) is 2.79. The highest BCUT2D eigenvalue weighted by Gasteiger charge is 2.08. The Bertz CT molecular complexity index is 394. The fourth-order valence-electron chi connectivity index (χ4n) is 1.15. The normalized spacial score (nSPS) is 12.7. The van der Waals surface area contributed by atoms with E-state index in [1.165, 1.54) is 16.4 Å². The Balaban J connectivity index is 2.05. The minimum atomic E-state index is 0.308. The molecule has 2 aromatic rings. The van der Waals surface area contributed by atoms with Crippen molar-refractivity contribution in [3.05, 3.63) is 28.2 Å². The van der Waals surface area contributed by atoms with Crippen LogP contribution < -0.4 is 5.32 Å². The SMILES string of the molecule is Cc1nsc(NC(C)c2cccs2)n1. The zero-order valence-corrected chi connectivity index (χ0v) is 9.65. The van der Waals surface area contributed by atoms with E-state index < -0.39 is 0 Å². The van der Waals surface area contributed by atoms with E-state index in [-0.39, 0.29) is 0 Å². The summed E-state index contributed by atoms with van der Waals surface area (Å²) < 4.78 is 4.12. The average Bonchev–Trinajstić information content (AvgIpc) is 2.75. The predicted molar refractivity (Wildman–Crippen MR) is 61.0 cm³/mol. The molecule has 0 fully saturated rings. The molecule has 0 bridgehead atoms. The van der Waals surface area contributed by atoms with Crippen LogP contribution in [0.25, 0.3) is 0 Å². The third-order valence-electron chi connectivity index (χ3n) is 1.84. The largest absolute Gasteiger partial charge is 0.353 e. The minimum Gasteiger partial charge on any atom is -0.353 e. The summed E-state index contributed by atoms with van der Waals surface area (Å²) in [5, 5.41) is 6.29. The molecule has 74 valence electrons. The van der Waals surface area contributed by atoms with Gasteiger partial charge in [0.15, 0.2) is 0 Å². The Morgan fingerprint density at radius 3 is 2.93 bits per heavy atom. The number of nitrogens with zero attached hydrogens (tertiary/aromatic N) is 2. The molecular formula is C9H11N3S2. The van der Waals surface area contributed by atoms with E-state index in [0.29, 0.717) is 6.04 Å². The second-order valence-electron chi connectivity index (χ2n) is 3.03. The molecule has 5 heteroatoms. The first-order valence-electron chi connectivity index (χ1n) is 4.36. The summed E-state index contributed by atoms with van der Waals surface area (Å²) in [5.74, 6) is 0.830. The molecule has 1 unspecified atom stereocenters. The van der Waals surface area contributed by atoms with Crippen LogP contribution in [0.15, 0.2) is 17.5 Å². The number of aryl methyl sites for hydroxylation is 1. The van der Waals surface area contributed by atoms with E-state index in [1.807, 2.05) is 6.92 Å². The van der Waals surface area contributed by atoms with Crippen molar-refractivity contribution in [2.45, 2.75) is 19.9 Å². The zero-order valence-electron chi connectivity index (χ0n) is 8.02. The number of anilines is 1. The van der Waals surface area contributed by atoms with E-state index >= 15 is 0 Å². The molecule has 2 aromatic heterocycles. The number of nitrogens with one attached hydrogen (secondary N) is 1. The van der Waals surface area contributed by atoms with Gasteiger partial charge >= 0.3 is 0 Å². The molecule has 3 nitrogen and oxygen atoms in total. The van der Waals surface area contributed by atoms with Crippen molar-refractivity contribution in [3.63, 3.8) is 0 Å². The quantitative estimate of drug-likeness (QED) is 0.872. The number of rotatable bonds is 3. The van der Waals surface area contributed by atoms with Gasteiger partial charge in [-0.25, -0.2) is 4.98 Å². The molecular weight excluding hydrogens is 214 g/mol. The van der Waals surface area contributed by atoms with Crippen molar-refractivity contribution in [2.24, 2.45) is 0 Å². The lowest BCUT2D eigenvalue weighted by Crippen LogP contribution is -2.04. The van der Waals surface area contributed by atoms with Gasteiger partial charge < -0.3 is 5.32 Å². The van der Waals surface area contributed by atoms with Gasteiger partial charge in [-0.2, -0.15) is 4.37 Å². The molecule has 0 amide bonds. The van der Waals surface area contributed by atoms with Crippen LogP contribution in [0.5, 0.6) is 0 Å². The Morgan fingerprint density at radius 1 is 1.50 bits per heavy atom. The van der Waals surface area contributed by atoms with Crippen molar-refractivity contribution in [1.82, 2.24) is 9.36 Å². The molecule has 0 radical (unpaired) electrons. The van der Waals surface area contributed by atoms with Gasteiger partial charge in [-0.1, -0.05) is 6.07 Å². The van der Waals surface area contributed by atoms with Crippen LogP contribution >= 0.6 is 22.9 Å². The van der Waals surface area contributed by atoms with Gasteiger partial charge in [0, 0.05) is 16.4 Å². The summed E-state index contributed by atoms with van der Waals surface area (Å²) >= 11 is 3.16. The third-order valence-corrected chi connectivity index (χ3v) is 3.63. The van der Waals surface area contributed by atoms with E-state index in [2.05, 4.69) is 39.1 Å². The molecule has 1 atom stereocenters. The minimum absolute atomic E-state index is 0.308. The van der Waals surface area contributed by atoms with Gasteiger partial charge in [-0.15, -0.1) is 11.3 Å². The van der Waals surface area contributed by atoms with Crippen LogP contribution in [0.3, 0.4) is 0 Å². The summed E-state index contributed by atoms with van der Waals surface area (Å²) in [7, 11) is 0. The molecule has 0 aliphatic heterocycles. The van der Waals surface area contributed by atoms with Crippen molar-refractivity contribution in [2.75, 3.05) is 5.32 Å². The molecule has 0 aromatic carbocycles. The molecule has 1 N–H and O–H groups in total. The van der Waals surface area contributed by atoms with Gasteiger partial charge in [0.1, 0.15) is 5.82 Å².